The molecule has 0 saturated carbocycles. The second kappa shape index (κ2) is 6.22. The van der Waals surface area contributed by atoms with Crippen molar-refractivity contribution in [1.29, 1.82) is 0 Å². The molecule has 0 radical (unpaired) electrons. The number of alkyl halides is 3. The van der Waals surface area contributed by atoms with Crippen LogP contribution in [0.3, 0.4) is 0 Å². The van der Waals surface area contributed by atoms with Crippen LogP contribution in [-0.4, -0.2) is 6.26 Å². The van der Waals surface area contributed by atoms with E-state index in [1.54, 1.807) is 6.26 Å². The van der Waals surface area contributed by atoms with E-state index in [4.69, 9.17) is 4.74 Å². The molecule has 106 valence electrons. The minimum Gasteiger partial charge on any atom is -0.488 e. The van der Waals surface area contributed by atoms with Gasteiger partial charge in [0.05, 0.1) is 5.56 Å². The molecule has 0 aliphatic carbocycles. The SMILES string of the molecule is CSc1cc(C(F)(F)F)ccc1OCc1ccccc1. The summed E-state index contributed by atoms with van der Waals surface area (Å²) in [6.45, 7) is 0.333. The summed E-state index contributed by atoms with van der Waals surface area (Å²) in [5.41, 5.74) is 0.313. The minimum absolute atomic E-state index is 0.333. The van der Waals surface area contributed by atoms with Crippen molar-refractivity contribution in [2.24, 2.45) is 0 Å². The summed E-state index contributed by atoms with van der Waals surface area (Å²) in [5.74, 6) is 0.467. The van der Waals surface area contributed by atoms with Crippen molar-refractivity contribution < 1.29 is 17.9 Å². The molecule has 0 spiro atoms. The van der Waals surface area contributed by atoms with Crippen molar-refractivity contribution in [1.82, 2.24) is 0 Å². The van der Waals surface area contributed by atoms with Crippen molar-refractivity contribution in [2.75, 3.05) is 6.26 Å². The quantitative estimate of drug-likeness (QED) is 0.734. The average Bonchev–Trinajstić information content (AvgIpc) is 2.45. The highest BCUT2D eigenvalue weighted by atomic mass is 32.2. The third-order valence-corrected chi connectivity index (χ3v) is 3.49. The monoisotopic (exact) mass is 298 g/mol. The van der Waals surface area contributed by atoms with Gasteiger partial charge in [0, 0.05) is 4.90 Å². The molecule has 0 atom stereocenters. The zero-order valence-corrected chi connectivity index (χ0v) is 11.6. The molecular formula is C15H13F3OS. The molecule has 0 saturated heterocycles. The first-order valence-corrected chi connectivity index (χ1v) is 7.15. The van der Waals surface area contributed by atoms with Gasteiger partial charge < -0.3 is 4.74 Å². The maximum Gasteiger partial charge on any atom is 0.416 e. The third kappa shape index (κ3) is 3.70. The number of benzene rings is 2. The molecule has 0 bridgehead atoms. The summed E-state index contributed by atoms with van der Waals surface area (Å²) in [5, 5.41) is 0. The molecule has 0 heterocycles. The average molecular weight is 298 g/mol. The Hall–Kier alpha value is -1.62. The van der Waals surface area contributed by atoms with Crippen molar-refractivity contribution in [2.45, 2.75) is 17.7 Å². The number of hydrogen-bond donors (Lipinski definition) is 0. The van der Waals surface area contributed by atoms with Crippen LogP contribution in [-0.2, 0) is 12.8 Å². The molecule has 5 heteroatoms. The van der Waals surface area contributed by atoms with Gasteiger partial charge in [0.1, 0.15) is 12.4 Å². The Morgan fingerprint density at radius 1 is 1.05 bits per heavy atom. The Morgan fingerprint density at radius 2 is 1.75 bits per heavy atom. The van der Waals surface area contributed by atoms with Crippen molar-refractivity contribution in [3.63, 3.8) is 0 Å². The molecular weight excluding hydrogens is 285 g/mol. The summed E-state index contributed by atoms with van der Waals surface area (Å²) in [6, 6.07) is 13.0. The molecule has 0 aromatic heterocycles. The predicted octanol–water partition coefficient (Wildman–Crippen LogP) is 5.01. The molecule has 0 N–H and O–H groups in total. The molecule has 0 aliphatic rings. The molecule has 2 aromatic rings. The normalized spacial score (nSPS) is 11.4. The second-order valence-corrected chi connectivity index (χ2v) is 4.99. The Bertz CT molecular complexity index is 567. The predicted molar refractivity (Wildman–Crippen MR) is 74.0 cm³/mol. The van der Waals surface area contributed by atoms with E-state index in [1.165, 1.54) is 17.8 Å². The highest BCUT2D eigenvalue weighted by molar-refractivity contribution is 7.98. The van der Waals surface area contributed by atoms with Crippen LogP contribution in [0, 0.1) is 0 Å². The van der Waals surface area contributed by atoms with Crippen LogP contribution in [0.5, 0.6) is 5.75 Å². The van der Waals surface area contributed by atoms with Crippen LogP contribution in [0.25, 0.3) is 0 Å². The van der Waals surface area contributed by atoms with Gasteiger partial charge in [-0.25, -0.2) is 0 Å². The van der Waals surface area contributed by atoms with Crippen LogP contribution < -0.4 is 4.74 Å². The van der Waals surface area contributed by atoms with Gasteiger partial charge in [-0.1, -0.05) is 30.3 Å². The molecule has 0 amide bonds. The van der Waals surface area contributed by atoms with E-state index < -0.39 is 11.7 Å². The maximum absolute atomic E-state index is 12.6. The minimum atomic E-state index is -4.33. The van der Waals surface area contributed by atoms with Gasteiger partial charge in [-0.2, -0.15) is 13.2 Å². The van der Waals surface area contributed by atoms with Crippen LogP contribution in [0.1, 0.15) is 11.1 Å². The fraction of sp³-hybridized carbons (Fsp3) is 0.200. The number of rotatable bonds is 4. The summed E-state index contributed by atoms with van der Waals surface area (Å²) >= 11 is 1.24. The van der Waals surface area contributed by atoms with Gasteiger partial charge in [-0.3, -0.25) is 0 Å². The fourth-order valence-corrected chi connectivity index (χ4v) is 2.27. The molecule has 0 aliphatic heterocycles. The van der Waals surface area contributed by atoms with Crippen molar-refractivity contribution in [3.8, 4) is 5.75 Å². The zero-order valence-electron chi connectivity index (χ0n) is 10.8. The molecule has 0 fully saturated rings. The van der Waals surface area contributed by atoms with Gasteiger partial charge in [-0.05, 0) is 30.0 Å². The topological polar surface area (TPSA) is 9.23 Å². The van der Waals surface area contributed by atoms with E-state index in [-0.39, 0.29) is 0 Å². The van der Waals surface area contributed by atoms with Crippen LogP contribution >= 0.6 is 11.8 Å². The first-order valence-electron chi connectivity index (χ1n) is 5.92. The van der Waals surface area contributed by atoms with Crippen LogP contribution in [0.4, 0.5) is 13.2 Å². The lowest BCUT2D eigenvalue weighted by Gasteiger charge is -2.13. The summed E-state index contributed by atoms with van der Waals surface area (Å²) in [6.07, 6.45) is -2.60. The Morgan fingerprint density at radius 3 is 2.35 bits per heavy atom. The second-order valence-electron chi connectivity index (χ2n) is 4.14. The smallest absolute Gasteiger partial charge is 0.416 e. The number of thioether (sulfide) groups is 1. The summed E-state index contributed by atoms with van der Waals surface area (Å²) in [4.78, 5) is 0.482. The van der Waals surface area contributed by atoms with Crippen LogP contribution in [0.15, 0.2) is 53.4 Å². The van der Waals surface area contributed by atoms with Crippen LogP contribution in [0.2, 0.25) is 0 Å². The summed E-state index contributed by atoms with van der Waals surface area (Å²) in [7, 11) is 0. The molecule has 20 heavy (non-hydrogen) atoms. The van der Waals surface area contributed by atoms with E-state index in [9.17, 15) is 13.2 Å². The first kappa shape index (κ1) is 14.8. The molecule has 2 rings (SSSR count). The molecule has 2 aromatic carbocycles. The van der Waals surface area contributed by atoms with E-state index in [0.29, 0.717) is 17.3 Å². The first-order chi connectivity index (χ1) is 9.50. The Labute approximate surface area is 119 Å². The molecule has 1 nitrogen and oxygen atoms in total. The van der Waals surface area contributed by atoms with E-state index >= 15 is 0 Å². The zero-order chi connectivity index (χ0) is 14.6. The number of ether oxygens (including phenoxy) is 1. The largest absolute Gasteiger partial charge is 0.488 e. The standard InChI is InChI=1S/C15H13F3OS/c1-20-14-9-12(15(16,17)18)7-8-13(14)19-10-11-5-3-2-4-6-11/h2-9H,10H2,1H3. The van der Waals surface area contributed by atoms with Gasteiger partial charge in [-0.15, -0.1) is 11.8 Å². The summed E-state index contributed by atoms with van der Waals surface area (Å²) < 4.78 is 43.5. The van der Waals surface area contributed by atoms with E-state index in [2.05, 4.69) is 0 Å². The van der Waals surface area contributed by atoms with Gasteiger partial charge in [0.15, 0.2) is 0 Å². The number of halogens is 3. The highest BCUT2D eigenvalue weighted by Gasteiger charge is 2.31. The lowest BCUT2D eigenvalue weighted by molar-refractivity contribution is -0.137. The van der Waals surface area contributed by atoms with E-state index in [0.717, 1.165) is 17.7 Å². The molecule has 0 unspecified atom stereocenters. The number of hydrogen-bond acceptors (Lipinski definition) is 2. The Balaban J connectivity index is 2.16. The third-order valence-electron chi connectivity index (χ3n) is 2.73. The van der Waals surface area contributed by atoms with Gasteiger partial charge in [0.25, 0.3) is 0 Å². The van der Waals surface area contributed by atoms with Gasteiger partial charge in [0.2, 0.25) is 0 Å². The maximum atomic E-state index is 12.6. The van der Waals surface area contributed by atoms with Crippen molar-refractivity contribution >= 4 is 11.8 Å². The van der Waals surface area contributed by atoms with E-state index in [1.807, 2.05) is 30.3 Å². The van der Waals surface area contributed by atoms with Gasteiger partial charge >= 0.3 is 6.18 Å². The lowest BCUT2D eigenvalue weighted by atomic mass is 10.2. The lowest BCUT2D eigenvalue weighted by Crippen LogP contribution is -2.05. The highest BCUT2D eigenvalue weighted by Crippen LogP contribution is 2.36. The van der Waals surface area contributed by atoms with Crippen molar-refractivity contribution in [3.05, 3.63) is 59.7 Å². The Kier molecular flexibility index (Phi) is 4.60. The fourth-order valence-electron chi connectivity index (χ4n) is 1.70.